The Balaban J connectivity index is 1.51. The lowest BCUT2D eigenvalue weighted by atomic mass is 10.2. The fourth-order valence-corrected chi connectivity index (χ4v) is 3.19. The summed E-state index contributed by atoms with van der Waals surface area (Å²) in [5, 5.41) is 5.81. The van der Waals surface area contributed by atoms with Crippen molar-refractivity contribution in [3.05, 3.63) is 51.7 Å². The van der Waals surface area contributed by atoms with Crippen LogP contribution in [-0.4, -0.2) is 47.4 Å². The number of nitrogens with one attached hydrogen (secondary N) is 2. The number of nitrogens with zero attached hydrogens (tertiary/aromatic N) is 2. The number of aromatic nitrogens is 1. The average Bonchev–Trinajstić information content (AvgIpc) is 3.18. The van der Waals surface area contributed by atoms with Crippen molar-refractivity contribution in [2.45, 2.75) is 6.42 Å². The number of hydrogen-bond acceptors (Lipinski definition) is 5. The molecule has 25 heavy (non-hydrogen) atoms. The van der Waals surface area contributed by atoms with E-state index in [2.05, 4.69) is 15.6 Å². The molecule has 1 aromatic carbocycles. The number of carbonyl (C=O) groups is 3. The van der Waals surface area contributed by atoms with Gasteiger partial charge in [-0.05, 0) is 17.7 Å². The van der Waals surface area contributed by atoms with E-state index in [1.54, 1.807) is 12.1 Å². The summed E-state index contributed by atoms with van der Waals surface area (Å²) in [6, 6.07) is 5.67. The van der Waals surface area contributed by atoms with Crippen molar-refractivity contribution in [3.8, 4) is 0 Å². The highest BCUT2D eigenvalue weighted by atomic mass is 32.1. The number of rotatable bonds is 6. The zero-order valence-corrected chi connectivity index (χ0v) is 13.9. The van der Waals surface area contributed by atoms with E-state index in [0.29, 0.717) is 11.3 Å². The number of carbonyl (C=O) groups excluding carboxylic acids is 3. The number of benzene rings is 1. The van der Waals surface area contributed by atoms with Gasteiger partial charge in [0.15, 0.2) is 0 Å². The van der Waals surface area contributed by atoms with Crippen LogP contribution in [0.25, 0.3) is 0 Å². The largest absolute Gasteiger partial charge is 0.349 e. The Morgan fingerprint density at radius 2 is 2.08 bits per heavy atom. The van der Waals surface area contributed by atoms with Crippen LogP contribution in [0.2, 0.25) is 0 Å². The first-order chi connectivity index (χ1) is 12.0. The molecule has 1 aromatic heterocycles. The van der Waals surface area contributed by atoms with Crippen molar-refractivity contribution in [1.29, 1.82) is 0 Å². The van der Waals surface area contributed by atoms with Gasteiger partial charge >= 0.3 is 6.03 Å². The Kier molecular flexibility index (Phi) is 5.03. The van der Waals surface area contributed by atoms with Gasteiger partial charge in [-0.1, -0.05) is 12.1 Å². The molecule has 0 spiro atoms. The average molecular weight is 362 g/mol. The van der Waals surface area contributed by atoms with Crippen molar-refractivity contribution >= 4 is 29.2 Å². The SMILES string of the molecule is O=C(NCCN1C(=O)CNC1=O)c1cnc(Cc2ccc(F)cc2)s1. The fourth-order valence-electron chi connectivity index (χ4n) is 2.32. The monoisotopic (exact) mass is 362 g/mol. The van der Waals surface area contributed by atoms with Crippen LogP contribution in [0.1, 0.15) is 20.2 Å². The van der Waals surface area contributed by atoms with Crippen molar-refractivity contribution < 1.29 is 18.8 Å². The number of thiazole rings is 1. The lowest BCUT2D eigenvalue weighted by molar-refractivity contribution is -0.124. The molecule has 9 heteroatoms. The summed E-state index contributed by atoms with van der Waals surface area (Å²) in [6.07, 6.45) is 1.99. The Labute approximate surface area is 146 Å². The van der Waals surface area contributed by atoms with Gasteiger partial charge in [-0.25, -0.2) is 14.2 Å². The normalized spacial score (nSPS) is 13.9. The fraction of sp³-hybridized carbons (Fsp3) is 0.250. The second-order valence-electron chi connectivity index (χ2n) is 5.38. The lowest BCUT2D eigenvalue weighted by Gasteiger charge is -2.12. The van der Waals surface area contributed by atoms with Crippen LogP contribution in [0.4, 0.5) is 9.18 Å². The molecule has 1 saturated heterocycles. The van der Waals surface area contributed by atoms with Crippen LogP contribution in [0, 0.1) is 5.82 Å². The molecular formula is C16H15FN4O3S. The van der Waals surface area contributed by atoms with E-state index >= 15 is 0 Å². The number of halogens is 1. The van der Waals surface area contributed by atoms with E-state index in [0.717, 1.165) is 15.5 Å². The zero-order valence-electron chi connectivity index (χ0n) is 13.1. The molecule has 0 atom stereocenters. The van der Waals surface area contributed by atoms with Gasteiger partial charge in [-0.15, -0.1) is 11.3 Å². The summed E-state index contributed by atoms with van der Waals surface area (Å²) in [6.45, 7) is 0.287. The van der Waals surface area contributed by atoms with E-state index in [9.17, 15) is 18.8 Å². The van der Waals surface area contributed by atoms with Crippen LogP contribution in [0.15, 0.2) is 30.5 Å². The van der Waals surface area contributed by atoms with E-state index < -0.39 is 6.03 Å². The zero-order chi connectivity index (χ0) is 17.8. The second kappa shape index (κ2) is 7.39. The summed E-state index contributed by atoms with van der Waals surface area (Å²) in [5.41, 5.74) is 0.904. The van der Waals surface area contributed by atoms with E-state index in [4.69, 9.17) is 0 Å². The minimum atomic E-state index is -0.446. The minimum Gasteiger partial charge on any atom is -0.349 e. The van der Waals surface area contributed by atoms with Crippen LogP contribution in [-0.2, 0) is 11.2 Å². The van der Waals surface area contributed by atoms with Crippen molar-refractivity contribution in [2.75, 3.05) is 19.6 Å². The number of amides is 4. The molecular weight excluding hydrogens is 347 g/mol. The standard InChI is InChI=1S/C16H15FN4O3S/c17-11-3-1-10(2-4-11)7-13-19-8-12(25-13)15(23)18-5-6-21-14(22)9-20-16(21)24/h1-4,8H,5-7,9H2,(H,18,23)(H,20,24). The van der Waals surface area contributed by atoms with Crippen LogP contribution < -0.4 is 10.6 Å². The Bertz CT molecular complexity index is 790. The highest BCUT2D eigenvalue weighted by Gasteiger charge is 2.27. The van der Waals surface area contributed by atoms with Gasteiger partial charge in [-0.3, -0.25) is 14.5 Å². The van der Waals surface area contributed by atoms with E-state index in [1.165, 1.54) is 29.7 Å². The van der Waals surface area contributed by atoms with Gasteiger partial charge in [0.1, 0.15) is 10.7 Å². The third kappa shape index (κ3) is 4.18. The van der Waals surface area contributed by atoms with Gasteiger partial charge in [0.25, 0.3) is 5.91 Å². The van der Waals surface area contributed by atoms with Crippen LogP contribution in [0.3, 0.4) is 0 Å². The maximum Gasteiger partial charge on any atom is 0.324 e. The third-order valence-electron chi connectivity index (χ3n) is 3.60. The molecule has 0 aliphatic carbocycles. The molecule has 1 aliphatic heterocycles. The molecule has 0 radical (unpaired) electrons. The number of imide groups is 1. The highest BCUT2D eigenvalue weighted by molar-refractivity contribution is 7.13. The summed E-state index contributed by atoms with van der Waals surface area (Å²) < 4.78 is 12.9. The van der Waals surface area contributed by atoms with Crippen LogP contribution >= 0.6 is 11.3 Å². The first-order valence-corrected chi connectivity index (χ1v) is 8.40. The molecule has 2 aromatic rings. The molecule has 0 bridgehead atoms. The van der Waals surface area contributed by atoms with Crippen molar-refractivity contribution in [1.82, 2.24) is 20.5 Å². The lowest BCUT2D eigenvalue weighted by Crippen LogP contribution is -2.38. The molecule has 2 heterocycles. The van der Waals surface area contributed by atoms with E-state index in [-0.39, 0.29) is 37.3 Å². The van der Waals surface area contributed by atoms with Crippen LogP contribution in [0.5, 0.6) is 0 Å². The Morgan fingerprint density at radius 1 is 1.32 bits per heavy atom. The third-order valence-corrected chi connectivity index (χ3v) is 4.60. The second-order valence-corrected chi connectivity index (χ2v) is 6.50. The van der Waals surface area contributed by atoms with Gasteiger partial charge in [-0.2, -0.15) is 0 Å². The predicted octanol–water partition coefficient (Wildman–Crippen LogP) is 1.15. The predicted molar refractivity (Wildman–Crippen MR) is 88.8 cm³/mol. The molecule has 4 amide bonds. The molecule has 3 rings (SSSR count). The molecule has 7 nitrogen and oxygen atoms in total. The van der Waals surface area contributed by atoms with Gasteiger partial charge in [0, 0.05) is 19.5 Å². The van der Waals surface area contributed by atoms with Gasteiger partial charge < -0.3 is 10.6 Å². The van der Waals surface area contributed by atoms with Gasteiger partial charge in [0.2, 0.25) is 5.91 Å². The molecule has 2 N–H and O–H groups in total. The highest BCUT2D eigenvalue weighted by Crippen LogP contribution is 2.17. The smallest absolute Gasteiger partial charge is 0.324 e. The molecule has 1 fully saturated rings. The summed E-state index contributed by atoms with van der Waals surface area (Å²) in [4.78, 5) is 40.6. The minimum absolute atomic E-state index is 0.00559. The number of hydrogen-bond donors (Lipinski definition) is 2. The summed E-state index contributed by atoms with van der Waals surface area (Å²) in [5.74, 6) is -0.915. The molecule has 1 aliphatic rings. The summed E-state index contributed by atoms with van der Waals surface area (Å²) in [7, 11) is 0. The van der Waals surface area contributed by atoms with Gasteiger partial charge in [0.05, 0.1) is 17.7 Å². The van der Waals surface area contributed by atoms with E-state index in [1.807, 2.05) is 0 Å². The van der Waals surface area contributed by atoms with Crippen molar-refractivity contribution in [3.63, 3.8) is 0 Å². The quantitative estimate of drug-likeness (QED) is 0.755. The topological polar surface area (TPSA) is 91.4 Å². The first-order valence-electron chi connectivity index (χ1n) is 7.58. The maximum atomic E-state index is 12.9. The first kappa shape index (κ1) is 17.0. The Morgan fingerprint density at radius 3 is 2.76 bits per heavy atom. The molecule has 130 valence electrons. The number of urea groups is 1. The van der Waals surface area contributed by atoms with Crippen molar-refractivity contribution in [2.24, 2.45) is 0 Å². The molecule has 0 saturated carbocycles. The Hall–Kier alpha value is -2.81. The maximum absolute atomic E-state index is 12.9. The summed E-state index contributed by atoms with van der Waals surface area (Å²) >= 11 is 1.25. The molecule has 0 unspecified atom stereocenters.